The van der Waals surface area contributed by atoms with Crippen LogP contribution in [0.15, 0.2) is 18.2 Å². The Kier molecular flexibility index (Phi) is 4.28. The first kappa shape index (κ1) is 14.8. The minimum atomic E-state index is -0.540. The van der Waals surface area contributed by atoms with Crippen LogP contribution in [-0.4, -0.2) is 28.3 Å². The topological polar surface area (TPSA) is 63.5 Å². The fourth-order valence-electron chi connectivity index (χ4n) is 2.57. The van der Waals surface area contributed by atoms with E-state index in [2.05, 4.69) is 6.92 Å². The number of amides is 1. The van der Waals surface area contributed by atoms with Gasteiger partial charge < -0.3 is 4.90 Å². The molecule has 0 aromatic heterocycles. The lowest BCUT2D eigenvalue weighted by Crippen LogP contribution is -2.45. The Morgan fingerprint density at radius 3 is 2.75 bits per heavy atom. The quantitative estimate of drug-likeness (QED) is 0.619. The van der Waals surface area contributed by atoms with Crippen molar-refractivity contribution in [3.05, 3.63) is 38.9 Å². The number of hydrogen-bond acceptors (Lipinski definition) is 3. The molecule has 108 valence electrons. The Bertz CT molecular complexity index is 547. The third-order valence-electron chi connectivity index (χ3n) is 3.76. The third kappa shape index (κ3) is 2.93. The highest BCUT2D eigenvalue weighted by molar-refractivity contribution is 6.31. The van der Waals surface area contributed by atoms with Gasteiger partial charge in [-0.25, -0.2) is 0 Å². The van der Waals surface area contributed by atoms with Crippen LogP contribution < -0.4 is 0 Å². The van der Waals surface area contributed by atoms with Crippen molar-refractivity contribution in [2.75, 3.05) is 6.54 Å². The molecule has 1 aromatic carbocycles. The van der Waals surface area contributed by atoms with E-state index >= 15 is 0 Å². The van der Waals surface area contributed by atoms with Gasteiger partial charge in [0.2, 0.25) is 0 Å². The van der Waals surface area contributed by atoms with Gasteiger partial charge in [0.05, 0.1) is 4.92 Å². The second kappa shape index (κ2) is 5.79. The van der Waals surface area contributed by atoms with Crippen LogP contribution in [0.1, 0.15) is 37.0 Å². The molecule has 0 aliphatic carbocycles. The summed E-state index contributed by atoms with van der Waals surface area (Å²) in [6, 6.07) is 4.19. The standard InChI is InChI=1S/C14H17ClN2O3/c1-9-3-4-10(2)16(8-9)14(18)12-7-11(15)5-6-13(12)17(19)20/h5-7,9-10H,3-4,8H2,1-2H3. The zero-order valence-corrected chi connectivity index (χ0v) is 12.3. The normalized spacial score (nSPS) is 22.6. The van der Waals surface area contributed by atoms with E-state index in [4.69, 9.17) is 11.6 Å². The van der Waals surface area contributed by atoms with Crippen LogP contribution in [0.3, 0.4) is 0 Å². The van der Waals surface area contributed by atoms with Crippen LogP contribution in [0.4, 0.5) is 5.69 Å². The number of benzene rings is 1. The molecule has 1 aliphatic rings. The third-order valence-corrected chi connectivity index (χ3v) is 4.00. The molecule has 0 bridgehead atoms. The number of piperidine rings is 1. The molecule has 1 heterocycles. The highest BCUT2D eigenvalue weighted by Crippen LogP contribution is 2.28. The molecular formula is C14H17ClN2O3. The molecule has 0 N–H and O–H groups in total. The predicted molar refractivity (Wildman–Crippen MR) is 77.0 cm³/mol. The van der Waals surface area contributed by atoms with E-state index in [1.807, 2.05) is 6.92 Å². The maximum atomic E-state index is 12.6. The molecule has 1 aliphatic heterocycles. The Morgan fingerprint density at radius 1 is 1.40 bits per heavy atom. The van der Waals surface area contributed by atoms with Gasteiger partial charge in [-0.05, 0) is 37.8 Å². The zero-order valence-electron chi connectivity index (χ0n) is 11.5. The number of halogens is 1. The van der Waals surface area contributed by atoms with Crippen molar-refractivity contribution in [3.8, 4) is 0 Å². The van der Waals surface area contributed by atoms with Crippen molar-refractivity contribution in [1.82, 2.24) is 4.90 Å². The second-order valence-corrected chi connectivity index (χ2v) is 5.84. The van der Waals surface area contributed by atoms with Gasteiger partial charge in [0.1, 0.15) is 5.56 Å². The molecule has 1 fully saturated rings. The van der Waals surface area contributed by atoms with E-state index in [-0.39, 0.29) is 23.2 Å². The lowest BCUT2D eigenvalue weighted by molar-refractivity contribution is -0.385. The lowest BCUT2D eigenvalue weighted by Gasteiger charge is -2.36. The van der Waals surface area contributed by atoms with Crippen LogP contribution in [0.5, 0.6) is 0 Å². The summed E-state index contributed by atoms with van der Waals surface area (Å²) in [6.45, 7) is 4.68. The number of nitro groups is 1. The van der Waals surface area contributed by atoms with E-state index in [1.165, 1.54) is 18.2 Å². The largest absolute Gasteiger partial charge is 0.335 e. The van der Waals surface area contributed by atoms with Gasteiger partial charge in [-0.1, -0.05) is 18.5 Å². The van der Waals surface area contributed by atoms with Crippen molar-refractivity contribution < 1.29 is 9.72 Å². The van der Waals surface area contributed by atoms with E-state index in [1.54, 1.807) is 4.90 Å². The van der Waals surface area contributed by atoms with Crippen molar-refractivity contribution in [1.29, 1.82) is 0 Å². The smallest absolute Gasteiger partial charge is 0.282 e. The zero-order chi connectivity index (χ0) is 14.9. The Morgan fingerprint density at radius 2 is 2.10 bits per heavy atom. The predicted octanol–water partition coefficient (Wildman–Crippen LogP) is 3.51. The molecule has 20 heavy (non-hydrogen) atoms. The van der Waals surface area contributed by atoms with Gasteiger partial charge >= 0.3 is 0 Å². The van der Waals surface area contributed by atoms with E-state index in [9.17, 15) is 14.9 Å². The SMILES string of the molecule is CC1CCC(C)N(C(=O)c2cc(Cl)ccc2[N+](=O)[O-])C1. The summed E-state index contributed by atoms with van der Waals surface area (Å²) in [5.74, 6) is 0.103. The van der Waals surface area contributed by atoms with Crippen LogP contribution >= 0.6 is 11.6 Å². The van der Waals surface area contributed by atoms with Crippen molar-refractivity contribution in [3.63, 3.8) is 0 Å². The number of carbonyl (C=O) groups is 1. The van der Waals surface area contributed by atoms with Crippen LogP contribution in [0.2, 0.25) is 5.02 Å². The molecule has 0 saturated carbocycles. The summed E-state index contributed by atoms with van der Waals surface area (Å²) in [5.41, 5.74) is -0.117. The van der Waals surface area contributed by atoms with Crippen LogP contribution in [-0.2, 0) is 0 Å². The molecule has 2 unspecified atom stereocenters. The Labute approximate surface area is 122 Å². The number of hydrogen-bond donors (Lipinski definition) is 0. The molecule has 0 radical (unpaired) electrons. The van der Waals surface area contributed by atoms with Gasteiger partial charge in [0, 0.05) is 23.7 Å². The highest BCUT2D eigenvalue weighted by atomic mass is 35.5. The van der Waals surface area contributed by atoms with Crippen molar-refractivity contribution >= 4 is 23.2 Å². The minimum absolute atomic E-state index is 0.0726. The molecule has 5 nitrogen and oxygen atoms in total. The number of rotatable bonds is 2. The van der Waals surface area contributed by atoms with E-state index < -0.39 is 4.92 Å². The first-order valence-corrected chi connectivity index (χ1v) is 7.03. The number of carbonyl (C=O) groups excluding carboxylic acids is 1. The molecule has 1 saturated heterocycles. The lowest BCUT2D eigenvalue weighted by atomic mass is 9.94. The second-order valence-electron chi connectivity index (χ2n) is 5.41. The summed E-state index contributed by atoms with van der Waals surface area (Å²) >= 11 is 5.88. The highest BCUT2D eigenvalue weighted by Gasteiger charge is 2.31. The molecular weight excluding hydrogens is 280 g/mol. The summed E-state index contributed by atoms with van der Waals surface area (Å²) in [4.78, 5) is 24.8. The molecule has 2 rings (SSSR count). The molecule has 6 heteroatoms. The van der Waals surface area contributed by atoms with Gasteiger partial charge in [0.15, 0.2) is 0 Å². The first-order chi connectivity index (χ1) is 9.40. The van der Waals surface area contributed by atoms with Gasteiger partial charge in [-0.3, -0.25) is 14.9 Å². The van der Waals surface area contributed by atoms with Crippen LogP contribution in [0, 0.1) is 16.0 Å². The molecule has 0 spiro atoms. The van der Waals surface area contributed by atoms with E-state index in [0.29, 0.717) is 17.5 Å². The fourth-order valence-corrected chi connectivity index (χ4v) is 2.74. The van der Waals surface area contributed by atoms with Gasteiger partial charge in [-0.2, -0.15) is 0 Å². The molecule has 1 amide bonds. The van der Waals surface area contributed by atoms with E-state index in [0.717, 1.165) is 12.8 Å². The van der Waals surface area contributed by atoms with Gasteiger partial charge in [0.25, 0.3) is 11.6 Å². The van der Waals surface area contributed by atoms with Crippen molar-refractivity contribution in [2.45, 2.75) is 32.7 Å². The number of nitrogens with zero attached hydrogens (tertiary/aromatic N) is 2. The fraction of sp³-hybridized carbons (Fsp3) is 0.500. The summed E-state index contributed by atoms with van der Waals surface area (Å²) < 4.78 is 0. The maximum Gasteiger partial charge on any atom is 0.282 e. The van der Waals surface area contributed by atoms with Crippen molar-refractivity contribution in [2.24, 2.45) is 5.92 Å². The molecule has 2 atom stereocenters. The minimum Gasteiger partial charge on any atom is -0.335 e. The summed E-state index contributed by atoms with van der Waals surface area (Å²) in [6.07, 6.45) is 1.99. The monoisotopic (exact) mass is 296 g/mol. The summed E-state index contributed by atoms with van der Waals surface area (Å²) in [7, 11) is 0. The Hall–Kier alpha value is -1.62. The number of nitro benzene ring substituents is 1. The average Bonchev–Trinajstić information content (AvgIpc) is 2.40. The summed E-state index contributed by atoms with van der Waals surface area (Å²) in [5, 5.41) is 11.4. The average molecular weight is 297 g/mol. The molecule has 1 aromatic rings. The Balaban J connectivity index is 2.37. The maximum absolute atomic E-state index is 12.6. The van der Waals surface area contributed by atoms with Crippen LogP contribution in [0.25, 0.3) is 0 Å². The van der Waals surface area contributed by atoms with Gasteiger partial charge in [-0.15, -0.1) is 0 Å². The number of likely N-dealkylation sites (tertiary alicyclic amines) is 1. The first-order valence-electron chi connectivity index (χ1n) is 6.65.